The molecule has 2 heterocycles. The molecule has 1 aliphatic rings. The minimum Gasteiger partial charge on any atom is -0.494 e. The highest BCUT2D eigenvalue weighted by atomic mass is 35.5. The number of fused-ring (bicyclic) bond motifs is 1. The average Bonchev–Trinajstić information content (AvgIpc) is 3.12. The Labute approximate surface area is 170 Å². The predicted octanol–water partition coefficient (Wildman–Crippen LogP) is 6.26. The molecule has 0 unspecified atom stereocenters. The molecule has 4 rings (SSSR count). The van der Waals surface area contributed by atoms with E-state index in [9.17, 15) is 0 Å². The molecule has 0 radical (unpaired) electrons. The molecule has 1 aromatic heterocycles. The van der Waals surface area contributed by atoms with Crippen LogP contribution in [0.1, 0.15) is 32.1 Å². The van der Waals surface area contributed by atoms with Crippen molar-refractivity contribution in [2.75, 3.05) is 26.2 Å². The standard InChI is InChI=1S/C22H25ClN2OS/c23-18-8-6-17(7-9-18)22-20-11-10-19(16-21(20)27-24-22)26-15-5-4-14-25-12-2-1-3-13-25/h6-11,16H,1-5,12-15H2. The van der Waals surface area contributed by atoms with Gasteiger partial charge in [-0.2, -0.15) is 4.37 Å². The van der Waals surface area contributed by atoms with Crippen molar-refractivity contribution in [2.45, 2.75) is 32.1 Å². The van der Waals surface area contributed by atoms with Gasteiger partial charge in [-0.3, -0.25) is 0 Å². The highest BCUT2D eigenvalue weighted by Crippen LogP contribution is 2.33. The Kier molecular flexibility index (Phi) is 6.28. The van der Waals surface area contributed by atoms with Crippen LogP contribution in [-0.2, 0) is 0 Å². The lowest BCUT2D eigenvalue weighted by Gasteiger charge is -2.26. The first-order valence-electron chi connectivity index (χ1n) is 9.80. The molecule has 2 aromatic carbocycles. The van der Waals surface area contributed by atoms with Gasteiger partial charge in [0.25, 0.3) is 0 Å². The Morgan fingerprint density at radius 1 is 1.00 bits per heavy atom. The molecule has 27 heavy (non-hydrogen) atoms. The third-order valence-corrected chi connectivity index (χ3v) is 6.21. The van der Waals surface area contributed by atoms with E-state index in [4.69, 9.17) is 16.3 Å². The quantitative estimate of drug-likeness (QED) is 0.437. The monoisotopic (exact) mass is 400 g/mol. The van der Waals surface area contributed by atoms with Gasteiger partial charge in [-0.1, -0.05) is 30.2 Å². The van der Waals surface area contributed by atoms with Crippen LogP contribution in [0, 0.1) is 0 Å². The number of nitrogens with zero attached hydrogens (tertiary/aromatic N) is 2. The van der Waals surface area contributed by atoms with E-state index in [1.807, 2.05) is 24.3 Å². The SMILES string of the molecule is Clc1ccc(-c2nsc3cc(OCCCCN4CCCCC4)ccc23)cc1. The van der Waals surface area contributed by atoms with Crippen molar-refractivity contribution >= 4 is 33.2 Å². The minimum atomic E-state index is 0.745. The maximum absolute atomic E-state index is 5.99. The van der Waals surface area contributed by atoms with Crippen LogP contribution in [0.4, 0.5) is 0 Å². The van der Waals surface area contributed by atoms with Crippen molar-refractivity contribution < 1.29 is 4.74 Å². The zero-order chi connectivity index (χ0) is 18.5. The first kappa shape index (κ1) is 18.7. The Morgan fingerprint density at radius 2 is 1.81 bits per heavy atom. The molecule has 0 spiro atoms. The fourth-order valence-electron chi connectivity index (χ4n) is 3.63. The van der Waals surface area contributed by atoms with Crippen LogP contribution in [0.3, 0.4) is 0 Å². The van der Waals surface area contributed by atoms with Crippen LogP contribution in [0.25, 0.3) is 21.3 Å². The lowest BCUT2D eigenvalue weighted by atomic mass is 10.1. The molecular formula is C22H25ClN2OS. The van der Waals surface area contributed by atoms with Gasteiger partial charge in [-0.15, -0.1) is 0 Å². The minimum absolute atomic E-state index is 0.745. The maximum Gasteiger partial charge on any atom is 0.120 e. The molecule has 0 N–H and O–H groups in total. The van der Waals surface area contributed by atoms with Gasteiger partial charge in [-0.25, -0.2) is 0 Å². The summed E-state index contributed by atoms with van der Waals surface area (Å²) in [6.45, 7) is 4.54. The zero-order valence-electron chi connectivity index (χ0n) is 15.5. The molecular weight excluding hydrogens is 376 g/mol. The van der Waals surface area contributed by atoms with Crippen molar-refractivity contribution in [3.63, 3.8) is 0 Å². The lowest BCUT2D eigenvalue weighted by Crippen LogP contribution is -2.30. The van der Waals surface area contributed by atoms with E-state index in [0.29, 0.717) is 0 Å². The van der Waals surface area contributed by atoms with Crippen molar-refractivity contribution in [3.05, 3.63) is 47.5 Å². The first-order valence-corrected chi connectivity index (χ1v) is 11.0. The van der Waals surface area contributed by atoms with E-state index < -0.39 is 0 Å². The topological polar surface area (TPSA) is 25.4 Å². The fraction of sp³-hybridized carbons (Fsp3) is 0.409. The molecule has 3 nitrogen and oxygen atoms in total. The summed E-state index contributed by atoms with van der Waals surface area (Å²) in [5.74, 6) is 0.937. The maximum atomic E-state index is 5.99. The summed E-state index contributed by atoms with van der Waals surface area (Å²) in [6.07, 6.45) is 6.45. The highest BCUT2D eigenvalue weighted by Gasteiger charge is 2.11. The number of likely N-dealkylation sites (tertiary alicyclic amines) is 1. The van der Waals surface area contributed by atoms with Gasteiger partial charge in [0.15, 0.2) is 0 Å². The molecule has 3 aromatic rings. The highest BCUT2D eigenvalue weighted by molar-refractivity contribution is 7.13. The van der Waals surface area contributed by atoms with Crippen molar-refractivity contribution in [3.8, 4) is 17.0 Å². The second-order valence-corrected chi connectivity index (χ2v) is 8.40. The van der Waals surface area contributed by atoms with Gasteiger partial charge in [0.2, 0.25) is 0 Å². The summed E-state index contributed by atoms with van der Waals surface area (Å²) < 4.78 is 11.8. The molecule has 142 valence electrons. The Morgan fingerprint density at radius 3 is 2.63 bits per heavy atom. The Balaban J connectivity index is 1.31. The molecule has 5 heteroatoms. The number of aromatic nitrogens is 1. The third kappa shape index (κ3) is 4.81. The molecule has 0 atom stereocenters. The van der Waals surface area contributed by atoms with Crippen molar-refractivity contribution in [2.24, 2.45) is 0 Å². The number of unbranched alkanes of at least 4 members (excludes halogenated alkanes) is 1. The third-order valence-electron chi connectivity index (χ3n) is 5.15. The van der Waals surface area contributed by atoms with Crippen LogP contribution in [0.2, 0.25) is 5.02 Å². The second-order valence-electron chi connectivity index (χ2n) is 7.15. The summed E-state index contributed by atoms with van der Waals surface area (Å²) in [6, 6.07) is 14.1. The van der Waals surface area contributed by atoms with E-state index in [2.05, 4.69) is 27.5 Å². The number of hydrogen-bond acceptors (Lipinski definition) is 4. The van der Waals surface area contributed by atoms with Crippen molar-refractivity contribution in [1.29, 1.82) is 0 Å². The summed E-state index contributed by atoms with van der Waals surface area (Å²) >= 11 is 7.51. The normalized spacial score (nSPS) is 15.3. The van der Waals surface area contributed by atoms with E-state index >= 15 is 0 Å². The zero-order valence-corrected chi connectivity index (χ0v) is 17.1. The number of ether oxygens (including phenoxy) is 1. The smallest absolute Gasteiger partial charge is 0.120 e. The van der Waals surface area contributed by atoms with Gasteiger partial charge >= 0.3 is 0 Å². The van der Waals surface area contributed by atoms with E-state index in [1.165, 1.54) is 62.2 Å². The summed E-state index contributed by atoms with van der Waals surface area (Å²) in [5, 5.41) is 1.91. The fourth-order valence-corrected chi connectivity index (χ4v) is 4.59. The summed E-state index contributed by atoms with van der Waals surface area (Å²) in [5.41, 5.74) is 2.11. The number of piperidine rings is 1. The van der Waals surface area contributed by atoms with Crippen LogP contribution in [0.15, 0.2) is 42.5 Å². The molecule has 0 bridgehead atoms. The first-order chi connectivity index (χ1) is 13.3. The van der Waals surface area contributed by atoms with Gasteiger partial charge in [0.05, 0.1) is 17.0 Å². The summed E-state index contributed by atoms with van der Waals surface area (Å²) in [7, 11) is 0. The predicted molar refractivity (Wildman–Crippen MR) is 115 cm³/mol. The average molecular weight is 401 g/mol. The van der Waals surface area contributed by atoms with E-state index in [-0.39, 0.29) is 0 Å². The van der Waals surface area contributed by atoms with Crippen LogP contribution >= 0.6 is 23.1 Å². The molecule has 0 amide bonds. The van der Waals surface area contributed by atoms with Gasteiger partial charge in [0, 0.05) is 16.0 Å². The van der Waals surface area contributed by atoms with Gasteiger partial charge in [0.1, 0.15) is 5.75 Å². The Bertz CT molecular complexity index is 872. The van der Waals surface area contributed by atoms with Crippen LogP contribution < -0.4 is 4.74 Å². The van der Waals surface area contributed by atoms with E-state index in [1.54, 1.807) is 0 Å². The van der Waals surface area contributed by atoms with Gasteiger partial charge < -0.3 is 9.64 Å². The van der Waals surface area contributed by atoms with Gasteiger partial charge in [-0.05, 0) is 87.2 Å². The molecule has 0 saturated carbocycles. The molecule has 1 saturated heterocycles. The van der Waals surface area contributed by atoms with E-state index in [0.717, 1.165) is 39.8 Å². The number of hydrogen-bond donors (Lipinski definition) is 0. The Hall–Kier alpha value is -1.62. The molecule has 1 aliphatic heterocycles. The lowest BCUT2D eigenvalue weighted by molar-refractivity contribution is 0.216. The molecule has 1 fully saturated rings. The number of benzene rings is 2. The van der Waals surface area contributed by atoms with Crippen LogP contribution in [-0.4, -0.2) is 35.5 Å². The largest absolute Gasteiger partial charge is 0.494 e. The van der Waals surface area contributed by atoms with Crippen LogP contribution in [0.5, 0.6) is 5.75 Å². The molecule has 0 aliphatic carbocycles. The number of halogens is 1. The number of rotatable bonds is 7. The van der Waals surface area contributed by atoms with Crippen molar-refractivity contribution in [1.82, 2.24) is 9.27 Å². The summed E-state index contributed by atoms with van der Waals surface area (Å²) in [4.78, 5) is 2.59. The second kappa shape index (κ2) is 9.05.